The lowest BCUT2D eigenvalue weighted by Gasteiger charge is -2.27. The molecule has 4 heteroatoms. The lowest BCUT2D eigenvalue weighted by molar-refractivity contribution is 0.225. The van der Waals surface area contributed by atoms with Crippen molar-refractivity contribution in [1.29, 1.82) is 0 Å². The predicted octanol–water partition coefficient (Wildman–Crippen LogP) is 0.575. The molecule has 76 valence electrons. The van der Waals surface area contributed by atoms with Crippen LogP contribution in [0.1, 0.15) is 32.6 Å². The van der Waals surface area contributed by atoms with Gasteiger partial charge in [0.15, 0.2) is 0 Å². The van der Waals surface area contributed by atoms with Gasteiger partial charge in [-0.3, -0.25) is 0 Å². The molecule has 0 spiro atoms. The molecule has 1 fully saturated rings. The van der Waals surface area contributed by atoms with Crippen molar-refractivity contribution in [1.82, 2.24) is 10.6 Å². The van der Waals surface area contributed by atoms with Gasteiger partial charge in [-0.15, -0.1) is 0 Å². The highest BCUT2D eigenvalue weighted by Crippen LogP contribution is 2.17. The van der Waals surface area contributed by atoms with Crippen LogP contribution in [0.5, 0.6) is 0 Å². The van der Waals surface area contributed by atoms with E-state index in [2.05, 4.69) is 10.6 Å². The molecule has 2 amide bonds. The lowest BCUT2D eigenvalue weighted by atomic mass is 9.93. The molecule has 0 aliphatic heterocycles. The molecule has 1 rings (SSSR count). The molecule has 4 N–H and O–H groups in total. The van der Waals surface area contributed by atoms with Crippen molar-refractivity contribution in [2.45, 2.75) is 44.7 Å². The smallest absolute Gasteiger partial charge is 0.315 e. The van der Waals surface area contributed by atoms with Crippen LogP contribution in [0.2, 0.25) is 0 Å². The topological polar surface area (TPSA) is 67.1 Å². The van der Waals surface area contributed by atoms with E-state index in [-0.39, 0.29) is 12.1 Å². The average Bonchev–Trinajstić information content (AvgIpc) is 1.97. The first-order chi connectivity index (χ1) is 6.22. The van der Waals surface area contributed by atoms with Crippen molar-refractivity contribution < 1.29 is 4.79 Å². The number of rotatable bonds is 4. The van der Waals surface area contributed by atoms with E-state index in [1.54, 1.807) is 0 Å². The first-order valence-corrected chi connectivity index (χ1v) is 4.99. The second-order valence-electron chi connectivity index (χ2n) is 3.72. The Balaban J connectivity index is 2.08. The minimum atomic E-state index is -0.0503. The summed E-state index contributed by atoms with van der Waals surface area (Å²) in [6.45, 7) is 2.58. The zero-order valence-corrected chi connectivity index (χ0v) is 8.18. The molecule has 0 radical (unpaired) electrons. The lowest BCUT2D eigenvalue weighted by Crippen LogP contribution is -2.48. The number of carbonyl (C=O) groups excluding carboxylic acids is 1. The fourth-order valence-electron chi connectivity index (χ4n) is 1.33. The van der Waals surface area contributed by atoms with Crippen LogP contribution in [0.4, 0.5) is 4.79 Å². The third-order valence-corrected chi connectivity index (χ3v) is 2.42. The van der Waals surface area contributed by atoms with Crippen molar-refractivity contribution in [3.05, 3.63) is 0 Å². The zero-order chi connectivity index (χ0) is 9.68. The number of hydrogen-bond acceptors (Lipinski definition) is 2. The van der Waals surface area contributed by atoms with Crippen LogP contribution < -0.4 is 16.4 Å². The molecule has 0 aromatic heterocycles. The number of urea groups is 1. The van der Waals surface area contributed by atoms with E-state index in [1.807, 2.05) is 6.92 Å². The van der Waals surface area contributed by atoms with E-state index in [1.165, 1.54) is 6.42 Å². The predicted molar refractivity (Wildman–Crippen MR) is 52.4 cm³/mol. The van der Waals surface area contributed by atoms with Gasteiger partial charge in [0, 0.05) is 12.1 Å². The van der Waals surface area contributed by atoms with Gasteiger partial charge in [0.05, 0.1) is 0 Å². The Bertz CT molecular complexity index is 168. The summed E-state index contributed by atoms with van der Waals surface area (Å²) in [5.74, 6) is 0. The van der Waals surface area contributed by atoms with Gasteiger partial charge in [0.1, 0.15) is 0 Å². The molecule has 1 aliphatic rings. The summed E-state index contributed by atoms with van der Waals surface area (Å²) in [5.41, 5.74) is 5.37. The maximum Gasteiger partial charge on any atom is 0.315 e. The Morgan fingerprint density at radius 3 is 2.77 bits per heavy atom. The summed E-state index contributed by atoms with van der Waals surface area (Å²) in [4.78, 5) is 11.3. The van der Waals surface area contributed by atoms with Crippen LogP contribution in [0.15, 0.2) is 0 Å². The molecule has 1 atom stereocenters. The summed E-state index contributed by atoms with van der Waals surface area (Å²) in [6.07, 6.45) is 4.32. The van der Waals surface area contributed by atoms with Gasteiger partial charge in [-0.1, -0.05) is 0 Å². The van der Waals surface area contributed by atoms with E-state index in [4.69, 9.17) is 5.73 Å². The molecular weight excluding hydrogens is 166 g/mol. The minimum absolute atomic E-state index is 0.0503. The van der Waals surface area contributed by atoms with Crippen molar-refractivity contribution in [2.24, 2.45) is 5.73 Å². The number of nitrogens with one attached hydrogen (secondary N) is 2. The minimum Gasteiger partial charge on any atom is -0.336 e. The number of nitrogens with two attached hydrogens (primary N) is 1. The Labute approximate surface area is 79.3 Å². The fraction of sp³-hybridized carbons (Fsp3) is 0.889. The summed E-state index contributed by atoms with van der Waals surface area (Å²) >= 11 is 0. The SMILES string of the molecule is CC(CCN)NC(=O)NC1CCC1. The molecule has 0 heterocycles. The molecule has 1 aliphatic carbocycles. The first-order valence-electron chi connectivity index (χ1n) is 4.99. The third-order valence-electron chi connectivity index (χ3n) is 2.42. The maximum absolute atomic E-state index is 11.3. The Morgan fingerprint density at radius 2 is 2.31 bits per heavy atom. The van der Waals surface area contributed by atoms with E-state index in [0.717, 1.165) is 19.3 Å². The Kier molecular flexibility index (Phi) is 4.02. The normalized spacial score (nSPS) is 18.9. The molecule has 0 saturated heterocycles. The second kappa shape index (κ2) is 5.07. The monoisotopic (exact) mass is 185 g/mol. The van der Waals surface area contributed by atoms with Crippen LogP contribution in [0.3, 0.4) is 0 Å². The van der Waals surface area contributed by atoms with E-state index in [9.17, 15) is 4.79 Å². The van der Waals surface area contributed by atoms with E-state index >= 15 is 0 Å². The van der Waals surface area contributed by atoms with Crippen molar-refractivity contribution in [2.75, 3.05) is 6.54 Å². The average molecular weight is 185 g/mol. The van der Waals surface area contributed by atoms with Gasteiger partial charge in [-0.2, -0.15) is 0 Å². The molecule has 1 saturated carbocycles. The second-order valence-corrected chi connectivity index (χ2v) is 3.72. The summed E-state index contributed by atoms with van der Waals surface area (Å²) < 4.78 is 0. The van der Waals surface area contributed by atoms with Crippen LogP contribution in [-0.2, 0) is 0 Å². The molecular formula is C9H19N3O. The number of amides is 2. The maximum atomic E-state index is 11.3. The quantitative estimate of drug-likeness (QED) is 0.599. The largest absolute Gasteiger partial charge is 0.336 e. The van der Waals surface area contributed by atoms with Crippen LogP contribution in [0.25, 0.3) is 0 Å². The van der Waals surface area contributed by atoms with Gasteiger partial charge < -0.3 is 16.4 Å². The zero-order valence-electron chi connectivity index (χ0n) is 8.18. The highest BCUT2D eigenvalue weighted by Gasteiger charge is 2.19. The molecule has 4 nitrogen and oxygen atoms in total. The van der Waals surface area contributed by atoms with Gasteiger partial charge >= 0.3 is 6.03 Å². The van der Waals surface area contributed by atoms with Crippen LogP contribution >= 0.6 is 0 Å². The van der Waals surface area contributed by atoms with Crippen molar-refractivity contribution in [3.63, 3.8) is 0 Å². The molecule has 1 unspecified atom stereocenters. The molecule has 0 aromatic rings. The van der Waals surface area contributed by atoms with Crippen LogP contribution in [0, 0.1) is 0 Å². The van der Waals surface area contributed by atoms with E-state index < -0.39 is 0 Å². The number of hydrogen-bond donors (Lipinski definition) is 3. The number of carbonyl (C=O) groups is 1. The highest BCUT2D eigenvalue weighted by atomic mass is 16.2. The Hall–Kier alpha value is -0.770. The van der Waals surface area contributed by atoms with Crippen molar-refractivity contribution in [3.8, 4) is 0 Å². The standard InChI is InChI=1S/C9H19N3O/c1-7(5-6-10)11-9(13)12-8-3-2-4-8/h7-8H,2-6,10H2,1H3,(H2,11,12,13). The highest BCUT2D eigenvalue weighted by molar-refractivity contribution is 5.74. The van der Waals surface area contributed by atoms with Gasteiger partial charge in [-0.25, -0.2) is 4.79 Å². The van der Waals surface area contributed by atoms with Crippen molar-refractivity contribution >= 4 is 6.03 Å². The van der Waals surface area contributed by atoms with Gasteiger partial charge in [0.2, 0.25) is 0 Å². The summed E-state index contributed by atoms with van der Waals surface area (Å²) in [7, 11) is 0. The molecule has 0 bridgehead atoms. The molecule has 0 aromatic carbocycles. The summed E-state index contributed by atoms with van der Waals surface area (Å²) in [6, 6.07) is 0.529. The third kappa shape index (κ3) is 3.63. The molecule has 13 heavy (non-hydrogen) atoms. The fourth-order valence-corrected chi connectivity index (χ4v) is 1.33. The first kappa shape index (κ1) is 10.3. The summed E-state index contributed by atoms with van der Waals surface area (Å²) in [5, 5.41) is 5.76. The Morgan fingerprint density at radius 1 is 1.62 bits per heavy atom. The van der Waals surface area contributed by atoms with Gasteiger partial charge in [0.25, 0.3) is 0 Å². The van der Waals surface area contributed by atoms with Gasteiger partial charge in [-0.05, 0) is 39.2 Å². The van der Waals surface area contributed by atoms with E-state index in [0.29, 0.717) is 12.6 Å². The van der Waals surface area contributed by atoms with Crippen LogP contribution in [-0.4, -0.2) is 24.7 Å².